The lowest BCUT2D eigenvalue weighted by atomic mass is 10.0. The third-order valence-corrected chi connectivity index (χ3v) is 4.57. The standard InChI is InChI=1S/C18H26F2N2O2/c1-13-11-15(24-2)8-10-22(13)18(23)21-9-4-3-5-14-6-7-16(19)17(20)12-14/h6-7,12-13,15H,3-5,8-11H2,1-2H3,(H,21,23)/t13-,15-/m0/s1. The number of carbonyl (C=O) groups is 1. The van der Waals surface area contributed by atoms with Crippen molar-refractivity contribution in [3.8, 4) is 0 Å². The van der Waals surface area contributed by atoms with Crippen LogP contribution in [0.1, 0.15) is 38.2 Å². The molecule has 1 saturated heterocycles. The summed E-state index contributed by atoms with van der Waals surface area (Å²) in [5.41, 5.74) is 0.774. The molecule has 4 nitrogen and oxygen atoms in total. The number of piperidine rings is 1. The first-order valence-corrected chi connectivity index (χ1v) is 8.52. The third-order valence-electron chi connectivity index (χ3n) is 4.57. The number of rotatable bonds is 6. The molecule has 2 amide bonds. The molecule has 134 valence electrons. The van der Waals surface area contributed by atoms with Gasteiger partial charge in [0.15, 0.2) is 11.6 Å². The van der Waals surface area contributed by atoms with Crippen molar-refractivity contribution in [3.05, 3.63) is 35.4 Å². The number of urea groups is 1. The van der Waals surface area contributed by atoms with E-state index in [4.69, 9.17) is 4.74 Å². The van der Waals surface area contributed by atoms with Gasteiger partial charge in [-0.2, -0.15) is 0 Å². The van der Waals surface area contributed by atoms with E-state index in [9.17, 15) is 13.6 Å². The van der Waals surface area contributed by atoms with Gasteiger partial charge in [-0.25, -0.2) is 13.6 Å². The van der Waals surface area contributed by atoms with E-state index in [2.05, 4.69) is 5.32 Å². The zero-order valence-electron chi connectivity index (χ0n) is 14.4. The van der Waals surface area contributed by atoms with Crippen LogP contribution in [0.4, 0.5) is 13.6 Å². The predicted molar refractivity (Wildman–Crippen MR) is 88.9 cm³/mol. The molecule has 6 heteroatoms. The number of nitrogens with one attached hydrogen (secondary N) is 1. The van der Waals surface area contributed by atoms with Crippen LogP contribution in [0.25, 0.3) is 0 Å². The van der Waals surface area contributed by atoms with Gasteiger partial charge < -0.3 is 15.0 Å². The molecule has 2 atom stereocenters. The van der Waals surface area contributed by atoms with E-state index in [-0.39, 0.29) is 18.2 Å². The molecule has 0 spiro atoms. The summed E-state index contributed by atoms with van der Waals surface area (Å²) in [6, 6.07) is 4.11. The number of amides is 2. The van der Waals surface area contributed by atoms with Gasteiger partial charge in [0.2, 0.25) is 0 Å². The van der Waals surface area contributed by atoms with E-state index in [1.807, 2.05) is 11.8 Å². The highest BCUT2D eigenvalue weighted by Crippen LogP contribution is 2.19. The Hall–Kier alpha value is -1.69. The first-order chi connectivity index (χ1) is 11.5. The second-order valence-corrected chi connectivity index (χ2v) is 6.36. The fourth-order valence-corrected chi connectivity index (χ4v) is 3.09. The molecule has 0 radical (unpaired) electrons. The molecule has 1 fully saturated rings. The van der Waals surface area contributed by atoms with Crippen LogP contribution >= 0.6 is 0 Å². The number of nitrogens with zero attached hydrogens (tertiary/aromatic N) is 1. The molecule has 1 aromatic rings. The van der Waals surface area contributed by atoms with Gasteiger partial charge in [0.1, 0.15) is 0 Å². The molecule has 0 unspecified atom stereocenters. The van der Waals surface area contributed by atoms with Crippen molar-refractivity contribution in [2.45, 2.75) is 51.2 Å². The molecular weight excluding hydrogens is 314 g/mol. The van der Waals surface area contributed by atoms with E-state index in [1.54, 1.807) is 13.2 Å². The lowest BCUT2D eigenvalue weighted by Crippen LogP contribution is -2.50. The van der Waals surface area contributed by atoms with E-state index in [1.165, 1.54) is 6.07 Å². The van der Waals surface area contributed by atoms with Gasteiger partial charge in [0, 0.05) is 26.2 Å². The molecule has 1 heterocycles. The number of methoxy groups -OCH3 is 1. The SMILES string of the molecule is CO[C@H]1CCN(C(=O)NCCCCc2ccc(F)c(F)c2)[C@@H](C)C1. The molecule has 0 bridgehead atoms. The Bertz CT molecular complexity index is 554. The number of benzene rings is 1. The van der Waals surface area contributed by atoms with Gasteiger partial charge in [-0.05, 0) is 56.7 Å². The molecule has 0 aromatic heterocycles. The number of hydrogen-bond donors (Lipinski definition) is 1. The van der Waals surface area contributed by atoms with Crippen molar-refractivity contribution in [3.63, 3.8) is 0 Å². The monoisotopic (exact) mass is 340 g/mol. The van der Waals surface area contributed by atoms with Crippen LogP contribution < -0.4 is 5.32 Å². The molecule has 1 aliphatic heterocycles. The number of likely N-dealkylation sites (tertiary alicyclic amines) is 1. The summed E-state index contributed by atoms with van der Waals surface area (Å²) in [6.45, 7) is 3.33. The largest absolute Gasteiger partial charge is 0.381 e. The van der Waals surface area contributed by atoms with Crippen LogP contribution in [0.5, 0.6) is 0 Å². The van der Waals surface area contributed by atoms with Gasteiger partial charge in [0.25, 0.3) is 0 Å². The maximum atomic E-state index is 13.1. The molecular formula is C18H26F2N2O2. The molecule has 0 saturated carbocycles. The summed E-state index contributed by atoms with van der Waals surface area (Å²) in [7, 11) is 1.71. The molecule has 2 rings (SSSR count). The van der Waals surface area contributed by atoms with Crippen LogP contribution in [-0.2, 0) is 11.2 Å². The Morgan fingerprint density at radius 2 is 2.12 bits per heavy atom. The fraction of sp³-hybridized carbons (Fsp3) is 0.611. The second-order valence-electron chi connectivity index (χ2n) is 6.36. The van der Waals surface area contributed by atoms with Crippen molar-refractivity contribution in [1.29, 1.82) is 0 Å². The number of halogens is 2. The molecule has 24 heavy (non-hydrogen) atoms. The highest BCUT2D eigenvalue weighted by Gasteiger charge is 2.28. The Labute approximate surface area is 142 Å². The van der Waals surface area contributed by atoms with Gasteiger partial charge in [-0.3, -0.25) is 0 Å². The molecule has 0 aliphatic carbocycles. The predicted octanol–water partition coefficient (Wildman–Crippen LogP) is 3.50. The molecule has 1 N–H and O–H groups in total. The Morgan fingerprint density at radius 3 is 2.79 bits per heavy atom. The van der Waals surface area contributed by atoms with E-state index in [0.29, 0.717) is 19.5 Å². The highest BCUT2D eigenvalue weighted by molar-refractivity contribution is 5.74. The Balaban J connectivity index is 1.65. The maximum absolute atomic E-state index is 13.1. The van der Waals surface area contributed by atoms with E-state index < -0.39 is 11.6 Å². The summed E-state index contributed by atoms with van der Waals surface area (Å²) in [6.07, 6.45) is 4.24. The maximum Gasteiger partial charge on any atom is 0.317 e. The highest BCUT2D eigenvalue weighted by atomic mass is 19.2. The first-order valence-electron chi connectivity index (χ1n) is 8.52. The summed E-state index contributed by atoms with van der Waals surface area (Å²) in [4.78, 5) is 14.1. The van der Waals surface area contributed by atoms with Crippen LogP contribution in [0.15, 0.2) is 18.2 Å². The van der Waals surface area contributed by atoms with Crippen LogP contribution in [0, 0.1) is 11.6 Å². The van der Waals surface area contributed by atoms with Gasteiger partial charge >= 0.3 is 6.03 Å². The number of unbranched alkanes of at least 4 members (excludes halogenated alkanes) is 1. The topological polar surface area (TPSA) is 41.6 Å². The minimum atomic E-state index is -0.822. The average Bonchev–Trinajstić information content (AvgIpc) is 2.57. The van der Waals surface area contributed by atoms with Crippen molar-refractivity contribution >= 4 is 6.03 Å². The van der Waals surface area contributed by atoms with E-state index >= 15 is 0 Å². The van der Waals surface area contributed by atoms with Crippen LogP contribution in [-0.4, -0.2) is 43.3 Å². The van der Waals surface area contributed by atoms with Crippen molar-refractivity contribution in [1.82, 2.24) is 10.2 Å². The number of aryl methyl sites for hydroxylation is 1. The molecule has 1 aromatic carbocycles. The van der Waals surface area contributed by atoms with Crippen molar-refractivity contribution < 1.29 is 18.3 Å². The third kappa shape index (κ3) is 5.16. The number of hydrogen-bond acceptors (Lipinski definition) is 2. The molecule has 1 aliphatic rings. The summed E-state index contributed by atoms with van der Waals surface area (Å²) in [5, 5.41) is 2.93. The normalized spacial score (nSPS) is 20.9. The van der Waals surface area contributed by atoms with Crippen LogP contribution in [0.2, 0.25) is 0 Å². The summed E-state index contributed by atoms with van der Waals surface area (Å²) in [5.74, 6) is -1.63. The number of carbonyl (C=O) groups excluding carboxylic acids is 1. The summed E-state index contributed by atoms with van der Waals surface area (Å²) >= 11 is 0. The zero-order valence-corrected chi connectivity index (χ0v) is 14.4. The lowest BCUT2D eigenvalue weighted by Gasteiger charge is -2.37. The Morgan fingerprint density at radius 1 is 1.33 bits per heavy atom. The van der Waals surface area contributed by atoms with Gasteiger partial charge in [-0.1, -0.05) is 6.07 Å². The van der Waals surface area contributed by atoms with Crippen LogP contribution in [0.3, 0.4) is 0 Å². The minimum Gasteiger partial charge on any atom is -0.381 e. The van der Waals surface area contributed by atoms with Crippen molar-refractivity contribution in [2.24, 2.45) is 0 Å². The van der Waals surface area contributed by atoms with E-state index in [0.717, 1.165) is 37.3 Å². The smallest absolute Gasteiger partial charge is 0.317 e. The first kappa shape index (κ1) is 18.6. The van der Waals surface area contributed by atoms with Gasteiger partial charge in [0.05, 0.1) is 6.10 Å². The average molecular weight is 340 g/mol. The zero-order chi connectivity index (χ0) is 17.5. The van der Waals surface area contributed by atoms with Crippen molar-refractivity contribution in [2.75, 3.05) is 20.2 Å². The number of ether oxygens (including phenoxy) is 1. The Kier molecular flexibility index (Phi) is 6.97. The van der Waals surface area contributed by atoms with Gasteiger partial charge in [-0.15, -0.1) is 0 Å². The fourth-order valence-electron chi connectivity index (χ4n) is 3.09. The minimum absolute atomic E-state index is 0.0371. The quantitative estimate of drug-likeness (QED) is 0.806. The summed E-state index contributed by atoms with van der Waals surface area (Å²) < 4.78 is 31.3. The lowest BCUT2D eigenvalue weighted by molar-refractivity contribution is 0.0293. The second kappa shape index (κ2) is 8.97.